The number of fused-ring (bicyclic) bond motifs is 8. The lowest BCUT2D eigenvalue weighted by Crippen LogP contribution is -2.81. The largest absolute Gasteiger partial charge is 0.381 e. The Bertz CT molecular complexity index is 738. The Hall–Kier alpha value is -0.690. The summed E-state index contributed by atoms with van der Waals surface area (Å²) in [5.74, 6) is -2.60. The molecule has 6 rings (SSSR count). The van der Waals surface area contributed by atoms with E-state index in [9.17, 15) is 9.90 Å². The molecule has 9 atom stereocenters. The zero-order valence-electron chi connectivity index (χ0n) is 16.1. The van der Waals surface area contributed by atoms with Gasteiger partial charge in [0.1, 0.15) is 24.4 Å². The molecule has 156 valence electrons. The molecular weight excluding hydrogens is 376 g/mol. The third-order valence-electron chi connectivity index (χ3n) is 6.46. The Kier molecular flexibility index (Phi) is 3.32. The summed E-state index contributed by atoms with van der Waals surface area (Å²) in [6.45, 7) is 6.99. The first-order valence-electron chi connectivity index (χ1n) is 9.62. The van der Waals surface area contributed by atoms with E-state index in [1.54, 1.807) is 27.7 Å². The molecule has 28 heavy (non-hydrogen) atoms. The molecular formula is C18H24O10. The van der Waals surface area contributed by atoms with Gasteiger partial charge < -0.3 is 43.0 Å². The Labute approximate surface area is 161 Å². The lowest BCUT2D eigenvalue weighted by molar-refractivity contribution is -0.309. The van der Waals surface area contributed by atoms with Crippen molar-refractivity contribution in [2.75, 3.05) is 13.2 Å². The van der Waals surface area contributed by atoms with Gasteiger partial charge in [0.15, 0.2) is 41.5 Å². The summed E-state index contributed by atoms with van der Waals surface area (Å²) in [4.78, 5) is 13.6. The van der Waals surface area contributed by atoms with Crippen LogP contribution >= 0.6 is 0 Å². The Morgan fingerprint density at radius 2 is 1.61 bits per heavy atom. The molecule has 6 fully saturated rings. The lowest BCUT2D eigenvalue weighted by atomic mass is 9.65. The second kappa shape index (κ2) is 5.13. The molecule has 6 aliphatic heterocycles. The van der Waals surface area contributed by atoms with Gasteiger partial charge in [-0.1, -0.05) is 0 Å². The average Bonchev–Trinajstić information content (AvgIpc) is 3.33. The highest BCUT2D eigenvalue weighted by Gasteiger charge is 2.83. The molecule has 0 aliphatic carbocycles. The van der Waals surface area contributed by atoms with E-state index in [1.165, 1.54) is 0 Å². The van der Waals surface area contributed by atoms with Crippen LogP contribution in [0.15, 0.2) is 0 Å². The summed E-state index contributed by atoms with van der Waals surface area (Å²) < 4.78 is 47.3. The predicted octanol–water partition coefficient (Wildman–Crippen LogP) is -0.793. The van der Waals surface area contributed by atoms with Crippen LogP contribution in [0.3, 0.4) is 0 Å². The Balaban J connectivity index is 1.55. The Morgan fingerprint density at radius 3 is 2.39 bits per heavy atom. The molecule has 6 saturated heterocycles. The van der Waals surface area contributed by atoms with E-state index in [0.717, 1.165) is 0 Å². The third-order valence-corrected chi connectivity index (χ3v) is 6.46. The van der Waals surface area contributed by atoms with E-state index in [-0.39, 0.29) is 13.2 Å². The maximum absolute atomic E-state index is 13.6. The summed E-state index contributed by atoms with van der Waals surface area (Å²) in [6, 6.07) is 0. The quantitative estimate of drug-likeness (QED) is 0.601. The van der Waals surface area contributed by atoms with Crippen LogP contribution in [-0.4, -0.2) is 90.0 Å². The van der Waals surface area contributed by atoms with Gasteiger partial charge in [-0.15, -0.1) is 0 Å². The van der Waals surface area contributed by atoms with Crippen molar-refractivity contribution in [2.24, 2.45) is 0 Å². The number of carbonyl (C=O) groups is 1. The van der Waals surface area contributed by atoms with Gasteiger partial charge in [-0.05, 0) is 27.7 Å². The molecule has 0 aromatic rings. The SMILES string of the molecule is CC1(C)O[C@@H]2[C@@H]3OC[C@@H](O3)[C@@](O)([C@@]34OC(C)(C)O[C@@H]3[C@@H]3OC[C@@H](O3)C4=O)[C@@H]2O1. The molecule has 6 heterocycles. The highest BCUT2D eigenvalue weighted by atomic mass is 16.8. The number of aliphatic hydroxyl groups is 1. The van der Waals surface area contributed by atoms with E-state index in [2.05, 4.69) is 0 Å². The molecule has 0 aromatic heterocycles. The van der Waals surface area contributed by atoms with Crippen LogP contribution in [0.2, 0.25) is 0 Å². The van der Waals surface area contributed by atoms with Crippen molar-refractivity contribution in [3.8, 4) is 0 Å². The summed E-state index contributed by atoms with van der Waals surface area (Å²) in [5.41, 5.74) is -3.74. The van der Waals surface area contributed by atoms with Crippen molar-refractivity contribution in [3.05, 3.63) is 0 Å². The second-order valence-electron chi connectivity index (χ2n) is 9.14. The number of rotatable bonds is 1. The maximum atomic E-state index is 13.6. The summed E-state index contributed by atoms with van der Waals surface area (Å²) in [6.07, 6.45) is -5.90. The van der Waals surface area contributed by atoms with Gasteiger partial charge in [-0.2, -0.15) is 0 Å². The van der Waals surface area contributed by atoms with Gasteiger partial charge in [0.25, 0.3) is 0 Å². The van der Waals surface area contributed by atoms with E-state index >= 15 is 0 Å². The first kappa shape index (κ1) is 18.1. The van der Waals surface area contributed by atoms with Crippen LogP contribution < -0.4 is 0 Å². The molecule has 0 amide bonds. The van der Waals surface area contributed by atoms with E-state index in [1.807, 2.05) is 0 Å². The van der Waals surface area contributed by atoms with Crippen molar-refractivity contribution in [2.45, 2.75) is 93.6 Å². The van der Waals surface area contributed by atoms with Crippen LogP contribution in [0.1, 0.15) is 27.7 Å². The van der Waals surface area contributed by atoms with Crippen LogP contribution in [0, 0.1) is 0 Å². The number of Topliss-reactive ketones (excluding diaryl/α,β-unsaturated/α-hetero) is 1. The van der Waals surface area contributed by atoms with E-state index in [0.29, 0.717) is 0 Å². The zero-order valence-corrected chi connectivity index (χ0v) is 16.1. The fourth-order valence-electron chi connectivity index (χ4n) is 5.55. The fourth-order valence-corrected chi connectivity index (χ4v) is 5.55. The number of hydrogen-bond donors (Lipinski definition) is 1. The maximum Gasteiger partial charge on any atom is 0.202 e. The van der Waals surface area contributed by atoms with Crippen LogP contribution in [0.25, 0.3) is 0 Å². The highest BCUT2D eigenvalue weighted by molar-refractivity contribution is 5.95. The number of hydrogen-bond acceptors (Lipinski definition) is 10. The van der Waals surface area contributed by atoms with Crippen LogP contribution in [-0.2, 0) is 42.7 Å². The Morgan fingerprint density at radius 1 is 0.893 bits per heavy atom. The van der Waals surface area contributed by atoms with Crippen LogP contribution in [0.5, 0.6) is 0 Å². The molecule has 4 bridgehead atoms. The van der Waals surface area contributed by atoms with Crippen molar-refractivity contribution >= 4 is 5.78 Å². The van der Waals surface area contributed by atoms with Crippen molar-refractivity contribution in [3.63, 3.8) is 0 Å². The number of ketones is 1. The van der Waals surface area contributed by atoms with Crippen molar-refractivity contribution in [1.29, 1.82) is 0 Å². The van der Waals surface area contributed by atoms with Gasteiger partial charge in [0.05, 0.1) is 13.2 Å². The summed E-state index contributed by atoms with van der Waals surface area (Å²) in [5, 5.41) is 12.3. The van der Waals surface area contributed by atoms with E-state index in [4.69, 9.17) is 37.9 Å². The standard InChI is InChI=1S/C18H24O10/c1-15(2)25-9-11(26-15)17(20,8-6-22-13(9)24-8)18-10(19)7-5-21-14(23-7)12(18)27-16(3,4)28-18/h7-9,11-14,20H,5-6H2,1-4H3/t7-,8-,9+,11-,12-,13-,14-,17+,18+/m1/s1. The normalized spacial score (nSPS) is 58.0. The summed E-state index contributed by atoms with van der Waals surface area (Å²) >= 11 is 0. The fraction of sp³-hybridized carbons (Fsp3) is 0.944. The molecule has 6 aliphatic rings. The lowest BCUT2D eigenvalue weighted by Gasteiger charge is -2.53. The molecule has 0 saturated carbocycles. The molecule has 10 nitrogen and oxygen atoms in total. The molecule has 0 spiro atoms. The topological polar surface area (TPSA) is 111 Å². The highest BCUT2D eigenvalue weighted by Crippen LogP contribution is 2.58. The molecule has 0 radical (unpaired) electrons. The first-order valence-corrected chi connectivity index (χ1v) is 9.62. The molecule has 1 N–H and O–H groups in total. The molecule has 0 aromatic carbocycles. The number of carbonyl (C=O) groups excluding carboxylic acids is 1. The molecule has 0 unspecified atom stereocenters. The smallest absolute Gasteiger partial charge is 0.202 e. The number of ether oxygens (including phenoxy) is 8. The van der Waals surface area contributed by atoms with Crippen molar-refractivity contribution < 1.29 is 47.8 Å². The van der Waals surface area contributed by atoms with Gasteiger partial charge in [-0.3, -0.25) is 4.79 Å². The van der Waals surface area contributed by atoms with Gasteiger partial charge >= 0.3 is 0 Å². The predicted molar refractivity (Wildman–Crippen MR) is 85.8 cm³/mol. The van der Waals surface area contributed by atoms with Gasteiger partial charge in [0, 0.05) is 0 Å². The average molecular weight is 400 g/mol. The van der Waals surface area contributed by atoms with Gasteiger partial charge in [-0.25, -0.2) is 0 Å². The van der Waals surface area contributed by atoms with Crippen molar-refractivity contribution in [1.82, 2.24) is 0 Å². The molecule has 10 heteroatoms. The summed E-state index contributed by atoms with van der Waals surface area (Å²) in [7, 11) is 0. The monoisotopic (exact) mass is 400 g/mol. The minimum Gasteiger partial charge on any atom is -0.381 e. The minimum absolute atomic E-state index is 0.0733. The minimum atomic E-state index is -1.93. The van der Waals surface area contributed by atoms with Gasteiger partial charge in [0.2, 0.25) is 5.78 Å². The third kappa shape index (κ3) is 1.96. The first-order chi connectivity index (χ1) is 13.1. The zero-order chi connectivity index (χ0) is 19.7. The van der Waals surface area contributed by atoms with Crippen LogP contribution in [0.4, 0.5) is 0 Å². The van der Waals surface area contributed by atoms with E-state index < -0.39 is 71.7 Å². The second-order valence-corrected chi connectivity index (χ2v) is 9.14.